The minimum absolute atomic E-state index is 0.0648. The number of hydrogen-bond acceptors (Lipinski definition) is 4. The highest BCUT2D eigenvalue weighted by atomic mass is 16.1. The molecule has 0 N–H and O–H groups in total. The average molecular weight is 209 g/mol. The first kappa shape index (κ1) is 11.6. The van der Waals surface area contributed by atoms with E-state index in [1.54, 1.807) is 27.8 Å². The number of nitrogens with zero attached hydrogens (tertiary/aromatic N) is 3. The third-order valence-electron chi connectivity index (χ3n) is 2.35. The molecule has 5 heteroatoms. The molecule has 1 rings (SSSR count). The Morgan fingerprint density at radius 1 is 1.40 bits per heavy atom. The maximum absolute atomic E-state index is 11.7. The molecule has 0 aliphatic rings. The van der Waals surface area contributed by atoms with Gasteiger partial charge in [0.05, 0.1) is 12.1 Å². The SMILES string of the molecule is Cc1c(C(=O)CC(=O)C(C)C)nnn1C. The zero-order valence-electron chi connectivity index (χ0n) is 9.44. The Kier molecular flexibility index (Phi) is 3.34. The number of aryl methyl sites for hydroxylation is 1. The number of Topliss-reactive ketones (excluding diaryl/α,β-unsaturated/α-hetero) is 2. The molecule has 82 valence electrons. The predicted molar refractivity (Wildman–Crippen MR) is 54.5 cm³/mol. The molecular weight excluding hydrogens is 194 g/mol. The monoisotopic (exact) mass is 209 g/mol. The van der Waals surface area contributed by atoms with Gasteiger partial charge >= 0.3 is 0 Å². The highest BCUT2D eigenvalue weighted by Crippen LogP contribution is 2.08. The van der Waals surface area contributed by atoms with Crippen molar-refractivity contribution >= 4 is 11.6 Å². The number of rotatable bonds is 4. The lowest BCUT2D eigenvalue weighted by Crippen LogP contribution is -2.14. The van der Waals surface area contributed by atoms with E-state index in [2.05, 4.69) is 10.3 Å². The molecule has 0 amide bonds. The molecule has 0 saturated carbocycles. The van der Waals surface area contributed by atoms with Gasteiger partial charge in [0.25, 0.3) is 0 Å². The molecule has 0 fully saturated rings. The van der Waals surface area contributed by atoms with E-state index in [4.69, 9.17) is 0 Å². The molecule has 0 aromatic carbocycles. The van der Waals surface area contributed by atoms with E-state index < -0.39 is 0 Å². The highest BCUT2D eigenvalue weighted by Gasteiger charge is 2.19. The maximum atomic E-state index is 11.7. The number of ketones is 2. The molecule has 0 spiro atoms. The predicted octanol–water partition coefficient (Wildman–Crippen LogP) is 0.921. The summed E-state index contributed by atoms with van der Waals surface area (Å²) in [6.45, 7) is 5.31. The van der Waals surface area contributed by atoms with Crippen LogP contribution in [0.1, 0.15) is 36.5 Å². The van der Waals surface area contributed by atoms with Crippen LogP contribution >= 0.6 is 0 Å². The van der Waals surface area contributed by atoms with Crippen LogP contribution in [0.5, 0.6) is 0 Å². The summed E-state index contributed by atoms with van der Waals surface area (Å²) in [5.41, 5.74) is 0.989. The van der Waals surface area contributed by atoms with Gasteiger partial charge in [0, 0.05) is 13.0 Å². The van der Waals surface area contributed by atoms with Crippen molar-refractivity contribution in [2.75, 3.05) is 0 Å². The number of carbonyl (C=O) groups is 2. The summed E-state index contributed by atoms with van der Waals surface area (Å²) in [7, 11) is 1.71. The summed E-state index contributed by atoms with van der Waals surface area (Å²) < 4.78 is 1.52. The Bertz CT molecular complexity index is 393. The normalized spacial score (nSPS) is 10.7. The highest BCUT2D eigenvalue weighted by molar-refractivity contribution is 6.07. The van der Waals surface area contributed by atoms with E-state index in [0.29, 0.717) is 11.4 Å². The Morgan fingerprint density at radius 3 is 2.40 bits per heavy atom. The third kappa shape index (κ3) is 2.49. The third-order valence-corrected chi connectivity index (χ3v) is 2.35. The van der Waals surface area contributed by atoms with Crippen molar-refractivity contribution in [1.29, 1.82) is 0 Å². The summed E-state index contributed by atoms with van der Waals surface area (Å²) in [4.78, 5) is 23.0. The van der Waals surface area contributed by atoms with E-state index in [-0.39, 0.29) is 23.9 Å². The van der Waals surface area contributed by atoms with Gasteiger partial charge in [0.15, 0.2) is 11.5 Å². The molecule has 0 saturated heterocycles. The molecule has 0 atom stereocenters. The van der Waals surface area contributed by atoms with Crippen LogP contribution < -0.4 is 0 Å². The molecule has 1 heterocycles. The molecule has 0 aliphatic heterocycles. The van der Waals surface area contributed by atoms with Crippen LogP contribution in [-0.2, 0) is 11.8 Å². The topological polar surface area (TPSA) is 64.8 Å². The van der Waals surface area contributed by atoms with Crippen molar-refractivity contribution in [2.24, 2.45) is 13.0 Å². The number of hydrogen-bond donors (Lipinski definition) is 0. The summed E-state index contributed by atoms with van der Waals surface area (Å²) in [5.74, 6) is -0.435. The van der Waals surface area contributed by atoms with Crippen molar-refractivity contribution in [1.82, 2.24) is 15.0 Å². The van der Waals surface area contributed by atoms with Crippen LogP contribution in [0.4, 0.5) is 0 Å². The number of carbonyl (C=O) groups excluding carboxylic acids is 2. The molecule has 0 radical (unpaired) electrons. The lowest BCUT2D eigenvalue weighted by atomic mass is 10.0. The fourth-order valence-electron chi connectivity index (χ4n) is 1.11. The Morgan fingerprint density at radius 2 is 2.00 bits per heavy atom. The molecule has 15 heavy (non-hydrogen) atoms. The van der Waals surface area contributed by atoms with Crippen molar-refractivity contribution < 1.29 is 9.59 Å². The van der Waals surface area contributed by atoms with Gasteiger partial charge in [-0.25, -0.2) is 0 Å². The summed E-state index contributed by atoms with van der Waals surface area (Å²) in [6, 6.07) is 0. The van der Waals surface area contributed by atoms with Crippen LogP contribution in [0, 0.1) is 12.8 Å². The standard InChI is InChI=1S/C10H15N3O2/c1-6(2)8(14)5-9(15)10-7(3)13(4)12-11-10/h6H,5H2,1-4H3. The fraction of sp³-hybridized carbons (Fsp3) is 0.600. The Hall–Kier alpha value is -1.52. The van der Waals surface area contributed by atoms with Gasteiger partial charge < -0.3 is 0 Å². The van der Waals surface area contributed by atoms with E-state index in [1.807, 2.05) is 0 Å². The lowest BCUT2D eigenvalue weighted by Gasteiger charge is -2.01. The van der Waals surface area contributed by atoms with Crippen LogP contribution in [-0.4, -0.2) is 26.6 Å². The van der Waals surface area contributed by atoms with Crippen molar-refractivity contribution in [3.05, 3.63) is 11.4 Å². The van der Waals surface area contributed by atoms with Gasteiger partial charge in [-0.3, -0.25) is 14.3 Å². The summed E-state index contributed by atoms with van der Waals surface area (Å²) >= 11 is 0. The largest absolute Gasteiger partial charge is 0.299 e. The molecule has 1 aromatic heterocycles. The van der Waals surface area contributed by atoms with Gasteiger partial charge in [-0.2, -0.15) is 0 Å². The van der Waals surface area contributed by atoms with E-state index in [9.17, 15) is 9.59 Å². The van der Waals surface area contributed by atoms with Gasteiger partial charge in [0.2, 0.25) is 0 Å². The first-order valence-corrected chi connectivity index (χ1v) is 4.85. The van der Waals surface area contributed by atoms with Crippen LogP contribution in [0.15, 0.2) is 0 Å². The van der Waals surface area contributed by atoms with E-state index >= 15 is 0 Å². The van der Waals surface area contributed by atoms with Crippen LogP contribution in [0.25, 0.3) is 0 Å². The Balaban J connectivity index is 2.78. The maximum Gasteiger partial charge on any atom is 0.192 e. The van der Waals surface area contributed by atoms with E-state index in [1.165, 1.54) is 4.68 Å². The zero-order valence-corrected chi connectivity index (χ0v) is 9.44. The van der Waals surface area contributed by atoms with Gasteiger partial charge in [0.1, 0.15) is 5.78 Å². The molecule has 5 nitrogen and oxygen atoms in total. The van der Waals surface area contributed by atoms with Crippen LogP contribution in [0.3, 0.4) is 0 Å². The van der Waals surface area contributed by atoms with Crippen molar-refractivity contribution in [3.63, 3.8) is 0 Å². The minimum atomic E-state index is -0.251. The molecule has 0 bridgehead atoms. The fourth-order valence-corrected chi connectivity index (χ4v) is 1.11. The average Bonchev–Trinajstić information content (AvgIpc) is 2.47. The smallest absolute Gasteiger partial charge is 0.192 e. The second kappa shape index (κ2) is 4.33. The van der Waals surface area contributed by atoms with Gasteiger partial charge in [-0.15, -0.1) is 5.10 Å². The molecular formula is C10H15N3O2. The van der Waals surface area contributed by atoms with Gasteiger partial charge in [-0.05, 0) is 6.92 Å². The second-order valence-electron chi connectivity index (χ2n) is 3.87. The second-order valence-corrected chi connectivity index (χ2v) is 3.87. The minimum Gasteiger partial charge on any atom is -0.299 e. The summed E-state index contributed by atoms with van der Waals surface area (Å²) in [5, 5.41) is 7.46. The molecule has 0 unspecified atom stereocenters. The van der Waals surface area contributed by atoms with Crippen molar-refractivity contribution in [2.45, 2.75) is 27.2 Å². The quantitative estimate of drug-likeness (QED) is 0.546. The van der Waals surface area contributed by atoms with Gasteiger partial charge in [-0.1, -0.05) is 19.1 Å². The number of aromatic nitrogens is 3. The first-order chi connectivity index (χ1) is 6.93. The molecule has 0 aliphatic carbocycles. The van der Waals surface area contributed by atoms with Crippen LogP contribution in [0.2, 0.25) is 0 Å². The lowest BCUT2D eigenvalue weighted by molar-refractivity contribution is -0.121. The molecule has 1 aromatic rings. The Labute approximate surface area is 88.5 Å². The summed E-state index contributed by atoms with van der Waals surface area (Å²) in [6.07, 6.45) is -0.0861. The van der Waals surface area contributed by atoms with E-state index in [0.717, 1.165) is 0 Å². The zero-order chi connectivity index (χ0) is 11.6. The van der Waals surface area contributed by atoms with Crippen molar-refractivity contribution in [3.8, 4) is 0 Å². The first-order valence-electron chi connectivity index (χ1n) is 4.85.